The van der Waals surface area contributed by atoms with Crippen molar-refractivity contribution in [3.63, 3.8) is 0 Å². The number of nitrogens with two attached hydrogens (primary N) is 1. The van der Waals surface area contributed by atoms with Gasteiger partial charge in [-0.1, -0.05) is 0 Å². The molecule has 1 amide bonds. The van der Waals surface area contributed by atoms with Crippen LogP contribution in [-0.2, 0) is 11.0 Å². The van der Waals surface area contributed by atoms with Crippen LogP contribution in [0.1, 0.15) is 18.9 Å². The van der Waals surface area contributed by atoms with Crippen molar-refractivity contribution in [3.8, 4) is 0 Å². The van der Waals surface area contributed by atoms with E-state index in [0.717, 1.165) is 12.1 Å². The zero-order chi connectivity index (χ0) is 13.1. The van der Waals surface area contributed by atoms with Gasteiger partial charge in [-0.3, -0.25) is 4.79 Å². The summed E-state index contributed by atoms with van der Waals surface area (Å²) in [4.78, 5) is 10.6. The summed E-state index contributed by atoms with van der Waals surface area (Å²) in [6.45, 7) is 1.72. The minimum atomic E-state index is -4.34. The van der Waals surface area contributed by atoms with Crippen LogP contribution in [0.25, 0.3) is 0 Å². The van der Waals surface area contributed by atoms with Gasteiger partial charge in [0.05, 0.1) is 5.56 Å². The van der Waals surface area contributed by atoms with Gasteiger partial charge in [-0.25, -0.2) is 0 Å². The van der Waals surface area contributed by atoms with E-state index in [9.17, 15) is 18.0 Å². The number of halogens is 3. The van der Waals surface area contributed by atoms with E-state index in [0.29, 0.717) is 5.69 Å². The molecule has 0 spiro atoms. The van der Waals surface area contributed by atoms with Crippen molar-refractivity contribution >= 4 is 11.6 Å². The Hall–Kier alpha value is -1.72. The van der Waals surface area contributed by atoms with E-state index >= 15 is 0 Å². The third-order valence-corrected chi connectivity index (χ3v) is 2.13. The second kappa shape index (κ2) is 5.07. The van der Waals surface area contributed by atoms with Crippen LogP contribution in [-0.4, -0.2) is 11.9 Å². The fourth-order valence-corrected chi connectivity index (χ4v) is 1.39. The number of carbonyl (C=O) groups excluding carboxylic acids is 1. The van der Waals surface area contributed by atoms with Crippen LogP contribution in [0.2, 0.25) is 0 Å². The Morgan fingerprint density at radius 3 is 2.29 bits per heavy atom. The van der Waals surface area contributed by atoms with Crippen molar-refractivity contribution in [1.29, 1.82) is 0 Å². The van der Waals surface area contributed by atoms with Gasteiger partial charge >= 0.3 is 6.18 Å². The number of amides is 1. The molecule has 1 atom stereocenters. The Bertz CT molecular complexity index is 387. The van der Waals surface area contributed by atoms with Gasteiger partial charge in [-0.2, -0.15) is 13.2 Å². The molecule has 0 heterocycles. The van der Waals surface area contributed by atoms with E-state index in [1.165, 1.54) is 12.1 Å². The quantitative estimate of drug-likeness (QED) is 0.857. The molecule has 3 N–H and O–H groups in total. The SMILES string of the molecule is C[C@H](CC(N)=O)Nc1ccc(C(F)(F)F)cc1. The third-order valence-electron chi connectivity index (χ3n) is 2.13. The van der Waals surface area contributed by atoms with E-state index in [4.69, 9.17) is 5.73 Å². The first kappa shape index (κ1) is 13.3. The summed E-state index contributed by atoms with van der Waals surface area (Å²) in [5.41, 5.74) is 4.82. The van der Waals surface area contributed by atoms with Gasteiger partial charge in [0.1, 0.15) is 0 Å². The second-order valence-electron chi connectivity index (χ2n) is 3.79. The standard InChI is InChI=1S/C11H13F3N2O/c1-7(6-10(15)17)16-9-4-2-8(3-5-9)11(12,13)14/h2-5,7,16H,6H2,1H3,(H2,15,17)/t7-/m1/s1. The molecular formula is C11H13F3N2O. The highest BCUT2D eigenvalue weighted by molar-refractivity contribution is 5.74. The molecule has 1 aromatic carbocycles. The summed E-state index contributed by atoms with van der Waals surface area (Å²) in [5.74, 6) is -0.461. The highest BCUT2D eigenvalue weighted by atomic mass is 19.4. The smallest absolute Gasteiger partial charge is 0.382 e. The lowest BCUT2D eigenvalue weighted by molar-refractivity contribution is -0.137. The molecule has 6 heteroatoms. The molecule has 0 aliphatic carbocycles. The lowest BCUT2D eigenvalue weighted by atomic mass is 10.1. The summed E-state index contributed by atoms with van der Waals surface area (Å²) in [7, 11) is 0. The number of carbonyl (C=O) groups is 1. The van der Waals surface area contributed by atoms with E-state index in [-0.39, 0.29) is 12.5 Å². The maximum atomic E-state index is 12.3. The van der Waals surface area contributed by atoms with Crippen molar-refractivity contribution in [2.24, 2.45) is 5.73 Å². The molecule has 0 aliphatic heterocycles. The molecule has 0 unspecified atom stereocenters. The molecule has 3 nitrogen and oxygen atoms in total. The first-order chi connectivity index (χ1) is 7.79. The maximum absolute atomic E-state index is 12.3. The largest absolute Gasteiger partial charge is 0.416 e. The first-order valence-electron chi connectivity index (χ1n) is 5.01. The molecule has 94 valence electrons. The minimum Gasteiger partial charge on any atom is -0.382 e. The van der Waals surface area contributed by atoms with Crippen molar-refractivity contribution in [1.82, 2.24) is 0 Å². The van der Waals surface area contributed by atoms with Crippen molar-refractivity contribution in [3.05, 3.63) is 29.8 Å². The van der Waals surface area contributed by atoms with Gasteiger partial charge in [0, 0.05) is 18.2 Å². The fraction of sp³-hybridized carbons (Fsp3) is 0.364. The van der Waals surface area contributed by atoms with Crippen molar-refractivity contribution in [2.75, 3.05) is 5.32 Å². The summed E-state index contributed by atoms with van der Waals surface area (Å²) < 4.78 is 36.8. The molecule has 1 rings (SSSR count). The fourth-order valence-electron chi connectivity index (χ4n) is 1.39. The van der Waals surface area contributed by atoms with Gasteiger partial charge in [-0.15, -0.1) is 0 Å². The lowest BCUT2D eigenvalue weighted by Crippen LogP contribution is -2.23. The minimum absolute atomic E-state index is 0.126. The monoisotopic (exact) mass is 246 g/mol. The number of primary amides is 1. The van der Waals surface area contributed by atoms with Crippen molar-refractivity contribution < 1.29 is 18.0 Å². The molecule has 0 aliphatic rings. The Kier molecular flexibility index (Phi) is 3.98. The summed E-state index contributed by atoms with van der Waals surface area (Å²) in [6, 6.07) is 4.39. The van der Waals surface area contributed by atoms with Gasteiger partial charge in [0.25, 0.3) is 0 Å². The average molecular weight is 246 g/mol. The lowest BCUT2D eigenvalue weighted by Gasteiger charge is -2.14. The number of hydrogen-bond donors (Lipinski definition) is 2. The second-order valence-corrected chi connectivity index (χ2v) is 3.79. The van der Waals surface area contributed by atoms with E-state index in [1.54, 1.807) is 6.92 Å². The molecule has 17 heavy (non-hydrogen) atoms. The third kappa shape index (κ3) is 4.34. The highest BCUT2D eigenvalue weighted by Gasteiger charge is 2.29. The zero-order valence-corrected chi connectivity index (χ0v) is 9.21. The first-order valence-corrected chi connectivity index (χ1v) is 5.01. The van der Waals surface area contributed by atoms with Gasteiger partial charge < -0.3 is 11.1 Å². The number of anilines is 1. The number of rotatable bonds is 4. The predicted octanol–water partition coefficient (Wildman–Crippen LogP) is 2.38. The maximum Gasteiger partial charge on any atom is 0.416 e. The van der Waals surface area contributed by atoms with Crippen LogP contribution in [0.4, 0.5) is 18.9 Å². The number of nitrogens with one attached hydrogen (secondary N) is 1. The van der Waals surface area contributed by atoms with Crippen molar-refractivity contribution in [2.45, 2.75) is 25.6 Å². The number of benzene rings is 1. The normalized spacial score (nSPS) is 13.2. The predicted molar refractivity (Wildman–Crippen MR) is 58.3 cm³/mol. The van der Waals surface area contributed by atoms with Gasteiger partial charge in [-0.05, 0) is 31.2 Å². The van der Waals surface area contributed by atoms with E-state index in [2.05, 4.69) is 5.32 Å². The topological polar surface area (TPSA) is 55.1 Å². The van der Waals surface area contributed by atoms with E-state index < -0.39 is 17.6 Å². The number of hydrogen-bond acceptors (Lipinski definition) is 2. The van der Waals surface area contributed by atoms with Crippen LogP contribution in [0.3, 0.4) is 0 Å². The zero-order valence-electron chi connectivity index (χ0n) is 9.21. The van der Waals surface area contributed by atoms with E-state index in [1.807, 2.05) is 0 Å². The Morgan fingerprint density at radius 2 is 1.88 bits per heavy atom. The molecule has 0 radical (unpaired) electrons. The van der Waals surface area contributed by atoms with Crippen LogP contribution >= 0.6 is 0 Å². The molecule has 0 bridgehead atoms. The summed E-state index contributed by atoms with van der Waals surface area (Å²) in [5, 5.41) is 2.88. The van der Waals surface area contributed by atoms with Gasteiger partial charge in [0.2, 0.25) is 5.91 Å². The molecule has 0 saturated carbocycles. The Labute approximate surface area is 96.8 Å². The van der Waals surface area contributed by atoms with Crippen LogP contribution < -0.4 is 11.1 Å². The van der Waals surface area contributed by atoms with Gasteiger partial charge in [0.15, 0.2) is 0 Å². The Balaban J connectivity index is 2.66. The average Bonchev–Trinajstić information content (AvgIpc) is 2.15. The highest BCUT2D eigenvalue weighted by Crippen LogP contribution is 2.29. The molecule has 0 fully saturated rings. The summed E-state index contributed by atoms with van der Waals surface area (Å²) >= 11 is 0. The molecule has 1 aromatic rings. The van der Waals surface area contributed by atoms with Crippen LogP contribution in [0.15, 0.2) is 24.3 Å². The Morgan fingerprint density at radius 1 is 1.35 bits per heavy atom. The number of alkyl halides is 3. The summed E-state index contributed by atoms with van der Waals surface area (Å²) in [6.07, 6.45) is -4.21. The molecule has 0 aromatic heterocycles. The molecule has 0 saturated heterocycles. The van der Waals surface area contributed by atoms with Crippen LogP contribution in [0.5, 0.6) is 0 Å². The molecular weight excluding hydrogens is 233 g/mol. The van der Waals surface area contributed by atoms with Crippen LogP contribution in [0, 0.1) is 0 Å².